The van der Waals surface area contributed by atoms with Crippen molar-refractivity contribution in [2.75, 3.05) is 33.1 Å². The number of rotatable bonds is 5. The van der Waals surface area contributed by atoms with Crippen LogP contribution in [0.15, 0.2) is 39.1 Å². The molecule has 0 amide bonds. The van der Waals surface area contributed by atoms with Crippen molar-refractivity contribution < 1.29 is 0 Å². The second kappa shape index (κ2) is 10.2. The Morgan fingerprint density at radius 3 is 2.46 bits per heavy atom. The van der Waals surface area contributed by atoms with Crippen LogP contribution < -0.4 is 10.2 Å². The lowest BCUT2D eigenvalue weighted by Gasteiger charge is -2.22. The molecule has 0 unspecified atom stereocenters. The zero-order chi connectivity index (χ0) is 16.8. The first-order valence-electron chi connectivity index (χ1n) is 7.27. The predicted octanol–water partition coefficient (Wildman–Crippen LogP) is 3.80. The van der Waals surface area contributed by atoms with Gasteiger partial charge < -0.3 is 15.1 Å². The van der Waals surface area contributed by atoms with Crippen LogP contribution in [-0.2, 0) is 13.1 Å². The molecule has 5 nitrogen and oxygen atoms in total. The van der Waals surface area contributed by atoms with Crippen molar-refractivity contribution in [2.45, 2.75) is 13.1 Å². The van der Waals surface area contributed by atoms with Gasteiger partial charge in [-0.05, 0) is 17.7 Å². The van der Waals surface area contributed by atoms with Crippen molar-refractivity contribution in [3.05, 3.63) is 45.4 Å². The zero-order valence-corrected chi connectivity index (χ0v) is 19.0. The third kappa shape index (κ3) is 6.21. The van der Waals surface area contributed by atoms with Crippen LogP contribution in [0.5, 0.6) is 0 Å². The molecule has 0 atom stereocenters. The molecule has 1 aromatic heterocycles. The number of hydrogen-bond acceptors (Lipinski definition) is 4. The highest BCUT2D eigenvalue weighted by atomic mass is 127. The molecule has 132 valence electrons. The van der Waals surface area contributed by atoms with Gasteiger partial charge in [-0.2, -0.15) is 0 Å². The normalized spacial score (nSPS) is 11.0. The van der Waals surface area contributed by atoms with Gasteiger partial charge in [0.25, 0.3) is 0 Å². The number of anilines is 1. The van der Waals surface area contributed by atoms with Gasteiger partial charge >= 0.3 is 0 Å². The standard InChI is InChI=1S/C16H22BrN5S.HI/c1-18-15(19-9-14-11-23-16(20-14)21(2)3)22(4)10-12-5-7-13(17)8-6-12;/h5-8,11H,9-10H2,1-4H3,(H,18,19);1H. The number of aliphatic imine (C=N–C) groups is 1. The summed E-state index contributed by atoms with van der Waals surface area (Å²) in [6.07, 6.45) is 0. The van der Waals surface area contributed by atoms with Gasteiger partial charge in [-0.25, -0.2) is 4.98 Å². The molecule has 0 aliphatic rings. The first-order chi connectivity index (χ1) is 11.0. The van der Waals surface area contributed by atoms with E-state index in [0.717, 1.165) is 27.8 Å². The minimum absolute atomic E-state index is 0. The highest BCUT2D eigenvalue weighted by Gasteiger charge is 2.08. The van der Waals surface area contributed by atoms with Gasteiger partial charge in [0.05, 0.1) is 12.2 Å². The number of benzene rings is 1. The molecule has 1 heterocycles. The minimum atomic E-state index is 0. The van der Waals surface area contributed by atoms with Crippen molar-refractivity contribution in [2.24, 2.45) is 4.99 Å². The molecule has 0 fully saturated rings. The lowest BCUT2D eigenvalue weighted by atomic mass is 10.2. The van der Waals surface area contributed by atoms with Crippen LogP contribution in [0.2, 0.25) is 0 Å². The Morgan fingerprint density at radius 1 is 1.25 bits per heavy atom. The Kier molecular flexibility index (Phi) is 8.99. The number of nitrogens with one attached hydrogen (secondary N) is 1. The highest BCUT2D eigenvalue weighted by Crippen LogP contribution is 2.17. The summed E-state index contributed by atoms with van der Waals surface area (Å²) in [4.78, 5) is 13.0. The van der Waals surface area contributed by atoms with Gasteiger partial charge in [-0.3, -0.25) is 4.99 Å². The molecule has 2 rings (SSSR count). The summed E-state index contributed by atoms with van der Waals surface area (Å²) in [6.45, 7) is 1.47. The van der Waals surface area contributed by atoms with Crippen molar-refractivity contribution in [1.82, 2.24) is 15.2 Å². The molecule has 0 radical (unpaired) electrons. The smallest absolute Gasteiger partial charge is 0.194 e. The van der Waals surface area contributed by atoms with Crippen LogP contribution in [0, 0.1) is 0 Å². The maximum absolute atomic E-state index is 4.57. The Bertz CT molecular complexity index is 657. The van der Waals surface area contributed by atoms with Gasteiger partial charge in [0.15, 0.2) is 11.1 Å². The van der Waals surface area contributed by atoms with Gasteiger partial charge in [0.2, 0.25) is 0 Å². The van der Waals surface area contributed by atoms with Crippen LogP contribution in [0.25, 0.3) is 0 Å². The van der Waals surface area contributed by atoms with Crippen LogP contribution in [0.4, 0.5) is 5.13 Å². The molecule has 8 heteroatoms. The fraction of sp³-hybridized carbons (Fsp3) is 0.375. The first-order valence-corrected chi connectivity index (χ1v) is 8.95. The molecule has 1 N–H and O–H groups in total. The third-order valence-corrected chi connectivity index (χ3v) is 4.84. The summed E-state index contributed by atoms with van der Waals surface area (Å²) in [7, 11) is 7.83. The van der Waals surface area contributed by atoms with E-state index in [9.17, 15) is 0 Å². The number of halogens is 2. The van der Waals surface area contributed by atoms with E-state index in [2.05, 4.69) is 65.8 Å². The quantitative estimate of drug-likeness (QED) is 0.368. The largest absolute Gasteiger partial charge is 0.354 e. The maximum Gasteiger partial charge on any atom is 0.194 e. The highest BCUT2D eigenvalue weighted by molar-refractivity contribution is 14.0. The molecule has 2 aromatic rings. The summed E-state index contributed by atoms with van der Waals surface area (Å²) in [5, 5.41) is 6.45. The van der Waals surface area contributed by atoms with E-state index in [4.69, 9.17) is 0 Å². The molecule has 0 saturated heterocycles. The second-order valence-corrected chi connectivity index (χ2v) is 7.15. The van der Waals surface area contributed by atoms with Gasteiger partial charge in [0.1, 0.15) is 0 Å². The van der Waals surface area contributed by atoms with Gasteiger partial charge in [-0.1, -0.05) is 28.1 Å². The number of guanidine groups is 1. The monoisotopic (exact) mass is 523 g/mol. The third-order valence-electron chi connectivity index (χ3n) is 3.26. The Morgan fingerprint density at radius 2 is 1.92 bits per heavy atom. The summed E-state index contributed by atoms with van der Waals surface area (Å²) < 4.78 is 1.09. The van der Waals surface area contributed by atoms with Crippen LogP contribution in [0.3, 0.4) is 0 Å². The van der Waals surface area contributed by atoms with Crippen LogP contribution in [-0.4, -0.2) is 44.0 Å². The van der Waals surface area contributed by atoms with Gasteiger partial charge in [0, 0.05) is 44.6 Å². The van der Waals surface area contributed by atoms with E-state index in [-0.39, 0.29) is 24.0 Å². The van der Waals surface area contributed by atoms with E-state index in [1.165, 1.54) is 5.56 Å². The topological polar surface area (TPSA) is 43.8 Å². The summed E-state index contributed by atoms with van der Waals surface area (Å²) in [5.41, 5.74) is 2.26. The SMILES string of the molecule is CN=C(NCc1csc(N(C)C)n1)N(C)Cc1ccc(Br)cc1.I. The van der Waals surface area contributed by atoms with Gasteiger partial charge in [-0.15, -0.1) is 35.3 Å². The van der Waals surface area contributed by atoms with Crippen LogP contribution in [0.1, 0.15) is 11.3 Å². The number of thiazole rings is 1. The summed E-state index contributed by atoms with van der Waals surface area (Å²) >= 11 is 5.10. The number of nitrogens with zero attached hydrogens (tertiary/aromatic N) is 4. The predicted molar refractivity (Wildman–Crippen MR) is 118 cm³/mol. The lowest BCUT2D eigenvalue weighted by Crippen LogP contribution is -2.38. The average Bonchev–Trinajstić information content (AvgIpc) is 2.99. The molecule has 24 heavy (non-hydrogen) atoms. The Balaban J connectivity index is 0.00000288. The van der Waals surface area contributed by atoms with E-state index < -0.39 is 0 Å². The molecule has 0 aliphatic heterocycles. The zero-order valence-electron chi connectivity index (χ0n) is 14.3. The van der Waals surface area contributed by atoms with E-state index >= 15 is 0 Å². The minimum Gasteiger partial charge on any atom is -0.354 e. The van der Waals surface area contributed by atoms with Crippen molar-refractivity contribution in [3.8, 4) is 0 Å². The summed E-state index contributed by atoms with van der Waals surface area (Å²) in [6, 6.07) is 8.32. The number of aromatic nitrogens is 1. The van der Waals surface area contributed by atoms with E-state index in [0.29, 0.717) is 6.54 Å². The molecular weight excluding hydrogens is 501 g/mol. The van der Waals surface area contributed by atoms with E-state index in [1.54, 1.807) is 18.4 Å². The number of hydrogen-bond donors (Lipinski definition) is 1. The van der Waals surface area contributed by atoms with E-state index in [1.807, 2.05) is 26.0 Å². The fourth-order valence-corrected chi connectivity index (χ4v) is 3.10. The maximum atomic E-state index is 4.57. The molecule has 0 spiro atoms. The second-order valence-electron chi connectivity index (χ2n) is 5.40. The Hall–Kier alpha value is -0.870. The van der Waals surface area contributed by atoms with Crippen molar-refractivity contribution >= 4 is 62.3 Å². The molecule has 0 saturated carbocycles. The molecule has 1 aromatic carbocycles. The molecular formula is C16H23BrIN5S. The fourth-order valence-electron chi connectivity index (χ4n) is 2.08. The molecule has 0 bridgehead atoms. The Labute approximate surface area is 173 Å². The van der Waals surface area contributed by atoms with Crippen LogP contribution >= 0.6 is 51.2 Å². The van der Waals surface area contributed by atoms with Crippen molar-refractivity contribution in [1.29, 1.82) is 0 Å². The first kappa shape index (κ1) is 21.2. The summed E-state index contributed by atoms with van der Waals surface area (Å²) in [5.74, 6) is 0.854. The molecule has 0 aliphatic carbocycles. The average molecular weight is 524 g/mol. The van der Waals surface area contributed by atoms with Crippen molar-refractivity contribution in [3.63, 3.8) is 0 Å². The lowest BCUT2D eigenvalue weighted by molar-refractivity contribution is 0.476.